The van der Waals surface area contributed by atoms with E-state index in [1.807, 2.05) is 0 Å². The highest BCUT2D eigenvalue weighted by Gasteiger charge is 2.53. The summed E-state index contributed by atoms with van der Waals surface area (Å²) in [5.41, 5.74) is 1.25. The van der Waals surface area contributed by atoms with E-state index < -0.39 is 67.2 Å². The van der Waals surface area contributed by atoms with E-state index >= 15 is 0 Å². The van der Waals surface area contributed by atoms with E-state index in [1.54, 1.807) is 36.4 Å². The summed E-state index contributed by atoms with van der Waals surface area (Å²) in [5, 5.41) is 9.20. The smallest absolute Gasteiger partial charge is 0.335 e. The maximum Gasteiger partial charge on any atom is 0.335 e. The van der Waals surface area contributed by atoms with Gasteiger partial charge in [0.1, 0.15) is 18.5 Å². The second-order valence-corrected chi connectivity index (χ2v) is 8.56. The molecule has 0 amide bonds. The maximum atomic E-state index is 12.0. The van der Waals surface area contributed by atoms with Crippen LogP contribution in [-0.2, 0) is 42.9 Å². The average molecular weight is 545 g/mol. The highest BCUT2D eigenvalue weighted by atomic mass is 16.7. The average Bonchev–Trinajstić information content (AvgIpc) is 2.86. The van der Waals surface area contributed by atoms with E-state index in [4.69, 9.17) is 28.4 Å². The van der Waals surface area contributed by atoms with E-state index in [2.05, 4.69) is 0 Å². The summed E-state index contributed by atoms with van der Waals surface area (Å²) in [6.07, 6.45) is -6.66. The van der Waals surface area contributed by atoms with Crippen LogP contribution >= 0.6 is 0 Å². The number of hydrogen-bond donors (Lipinski definition) is 1. The van der Waals surface area contributed by atoms with Crippen LogP contribution in [0.1, 0.15) is 38.1 Å². The first-order chi connectivity index (χ1) is 18.5. The van der Waals surface area contributed by atoms with Crippen LogP contribution in [0.3, 0.4) is 0 Å². The van der Waals surface area contributed by atoms with Crippen LogP contribution in [0, 0.1) is 0 Å². The lowest BCUT2D eigenvalue weighted by molar-refractivity contribution is -0.288. The van der Waals surface area contributed by atoms with Gasteiger partial charge in [0.2, 0.25) is 12.4 Å². The van der Waals surface area contributed by atoms with Gasteiger partial charge in [-0.2, -0.15) is 0 Å². The number of hydrogen-bond acceptors (Lipinski definition) is 11. The normalized spacial score (nSPS) is 22.2. The molecule has 2 aromatic rings. The highest BCUT2D eigenvalue weighted by Crippen LogP contribution is 2.35. The molecule has 1 heterocycles. The molecular formula is C27H28O12. The summed E-state index contributed by atoms with van der Waals surface area (Å²) in [7, 11) is 0. The Hall–Kier alpha value is -4.45. The lowest BCUT2D eigenvalue weighted by Crippen LogP contribution is -2.63. The fourth-order valence-corrected chi connectivity index (χ4v) is 4.01. The number of carbonyl (C=O) groups is 5. The van der Waals surface area contributed by atoms with Gasteiger partial charge < -0.3 is 33.5 Å². The van der Waals surface area contributed by atoms with Crippen molar-refractivity contribution in [2.24, 2.45) is 0 Å². The minimum atomic E-state index is -1.41. The first-order valence-electron chi connectivity index (χ1n) is 11.9. The number of para-hydroxylation sites is 1. The number of carboxylic acids is 1. The van der Waals surface area contributed by atoms with Crippen molar-refractivity contribution >= 4 is 29.8 Å². The summed E-state index contributed by atoms with van der Waals surface area (Å²) in [6.45, 7) is 4.16. The molecule has 0 saturated carbocycles. The topological polar surface area (TPSA) is 161 Å². The first kappa shape index (κ1) is 29.1. The van der Waals surface area contributed by atoms with Crippen molar-refractivity contribution in [2.75, 3.05) is 6.61 Å². The molecule has 1 N–H and O–H groups in total. The maximum absolute atomic E-state index is 12.0. The molecule has 1 aliphatic heterocycles. The van der Waals surface area contributed by atoms with E-state index in [0.29, 0.717) is 11.1 Å². The van der Waals surface area contributed by atoms with Crippen molar-refractivity contribution in [3.63, 3.8) is 0 Å². The fourth-order valence-electron chi connectivity index (χ4n) is 4.01. The lowest BCUT2D eigenvalue weighted by Gasteiger charge is -2.44. The molecule has 1 fully saturated rings. The molecule has 2 aromatic carbocycles. The molecule has 0 radical (unpaired) electrons. The van der Waals surface area contributed by atoms with E-state index in [1.165, 1.54) is 19.1 Å². The van der Waals surface area contributed by atoms with Gasteiger partial charge in [-0.25, -0.2) is 4.79 Å². The van der Waals surface area contributed by atoms with Crippen molar-refractivity contribution in [3.8, 4) is 16.9 Å². The van der Waals surface area contributed by atoms with Crippen molar-refractivity contribution in [2.45, 2.75) is 58.4 Å². The van der Waals surface area contributed by atoms with Crippen molar-refractivity contribution < 1.29 is 57.5 Å². The molecular weight excluding hydrogens is 516 g/mol. The second kappa shape index (κ2) is 12.9. The van der Waals surface area contributed by atoms with Gasteiger partial charge in [-0.05, 0) is 23.8 Å². The zero-order valence-corrected chi connectivity index (χ0v) is 21.7. The molecule has 0 aliphatic carbocycles. The molecule has 12 nitrogen and oxygen atoms in total. The molecule has 208 valence electrons. The first-order valence-corrected chi connectivity index (χ1v) is 11.9. The lowest BCUT2D eigenvalue weighted by atomic mass is 9.97. The number of rotatable bonds is 9. The van der Waals surface area contributed by atoms with Crippen molar-refractivity contribution in [1.82, 2.24) is 0 Å². The SMILES string of the molecule is CC(=O)OC[C@H]1O[C@H](Oc2ccccc2-c2ccc(C(=O)O)cc2)[C@@H](OC(C)=O)[C@@H](OC(C)=O)[C@@H]1OC(C)=O. The number of esters is 4. The van der Waals surface area contributed by atoms with E-state index in [0.717, 1.165) is 20.8 Å². The number of carboxylic acid groups (broad SMARTS) is 1. The Labute approximate surface area is 223 Å². The Balaban J connectivity index is 2.04. The van der Waals surface area contributed by atoms with Crippen molar-refractivity contribution in [1.29, 1.82) is 0 Å². The van der Waals surface area contributed by atoms with E-state index in [9.17, 15) is 29.1 Å². The molecule has 39 heavy (non-hydrogen) atoms. The Kier molecular flexibility index (Phi) is 9.61. The third kappa shape index (κ3) is 7.77. The van der Waals surface area contributed by atoms with Crippen LogP contribution in [0.25, 0.3) is 11.1 Å². The van der Waals surface area contributed by atoms with Crippen molar-refractivity contribution in [3.05, 3.63) is 54.1 Å². The van der Waals surface area contributed by atoms with Gasteiger partial charge in [0.15, 0.2) is 12.2 Å². The van der Waals surface area contributed by atoms with Gasteiger partial charge >= 0.3 is 29.8 Å². The zero-order valence-electron chi connectivity index (χ0n) is 21.7. The van der Waals surface area contributed by atoms with Gasteiger partial charge in [-0.1, -0.05) is 30.3 Å². The van der Waals surface area contributed by atoms with Crippen LogP contribution in [0.4, 0.5) is 0 Å². The highest BCUT2D eigenvalue weighted by molar-refractivity contribution is 5.88. The number of ether oxygens (including phenoxy) is 6. The van der Waals surface area contributed by atoms with Crippen LogP contribution in [0.5, 0.6) is 5.75 Å². The molecule has 0 spiro atoms. The second-order valence-electron chi connectivity index (χ2n) is 8.56. The van der Waals surface area contributed by atoms with Crippen LogP contribution in [-0.4, -0.2) is 72.3 Å². The Morgan fingerprint density at radius 2 is 1.31 bits per heavy atom. The number of aromatic carboxylic acids is 1. The summed E-state index contributed by atoms with van der Waals surface area (Å²) in [4.78, 5) is 58.7. The predicted octanol–water partition coefficient (Wildman–Crippen LogP) is 2.51. The minimum Gasteiger partial charge on any atom is -0.478 e. The quantitative estimate of drug-likeness (QED) is 0.363. The van der Waals surface area contributed by atoms with Gasteiger partial charge in [0, 0.05) is 33.3 Å². The largest absolute Gasteiger partial charge is 0.478 e. The fraction of sp³-hybridized carbons (Fsp3) is 0.370. The van der Waals surface area contributed by atoms with Gasteiger partial charge in [-0.3, -0.25) is 19.2 Å². The monoisotopic (exact) mass is 544 g/mol. The molecule has 1 aliphatic rings. The summed E-state index contributed by atoms with van der Waals surface area (Å²) in [5.74, 6) is -3.74. The molecule has 0 unspecified atom stereocenters. The third-order valence-corrected chi connectivity index (χ3v) is 5.52. The molecule has 0 aromatic heterocycles. The Morgan fingerprint density at radius 1 is 0.744 bits per heavy atom. The molecule has 12 heteroatoms. The van der Waals surface area contributed by atoms with Gasteiger partial charge in [0.05, 0.1) is 5.56 Å². The van der Waals surface area contributed by atoms with Gasteiger partial charge in [-0.15, -0.1) is 0 Å². The number of benzene rings is 2. The Bertz CT molecular complexity index is 1220. The standard InChI is InChI=1S/C27H28O12/c1-14(28)34-13-22-23(35-15(2)29)24(36-16(3)30)25(37-17(4)31)27(39-22)38-21-8-6-5-7-20(21)18-9-11-19(12-10-18)26(32)33/h5-12,22-25,27H,13H2,1-4H3,(H,32,33)/t22-,23-,24+,25+,27+/m1/s1. The van der Waals surface area contributed by atoms with E-state index in [-0.39, 0.29) is 11.3 Å². The van der Waals surface area contributed by atoms with Crippen LogP contribution < -0.4 is 4.74 Å². The van der Waals surface area contributed by atoms with Crippen LogP contribution in [0.15, 0.2) is 48.5 Å². The minimum absolute atomic E-state index is 0.0942. The Morgan fingerprint density at radius 3 is 1.87 bits per heavy atom. The zero-order chi connectivity index (χ0) is 28.7. The molecule has 1 saturated heterocycles. The van der Waals surface area contributed by atoms with Crippen LogP contribution in [0.2, 0.25) is 0 Å². The number of carbonyl (C=O) groups excluding carboxylic acids is 4. The molecule has 3 rings (SSSR count). The van der Waals surface area contributed by atoms with Gasteiger partial charge in [0.25, 0.3) is 0 Å². The third-order valence-electron chi connectivity index (χ3n) is 5.52. The molecule has 0 bridgehead atoms. The predicted molar refractivity (Wildman–Crippen MR) is 131 cm³/mol. The summed E-state index contributed by atoms with van der Waals surface area (Å²) >= 11 is 0. The summed E-state index contributed by atoms with van der Waals surface area (Å²) < 4.78 is 33.4. The molecule has 5 atom stereocenters. The summed E-state index contributed by atoms with van der Waals surface area (Å²) in [6, 6.07) is 12.8.